The van der Waals surface area contributed by atoms with E-state index in [0.717, 1.165) is 10.5 Å². The van der Waals surface area contributed by atoms with Crippen LogP contribution >= 0.6 is 11.8 Å². The average molecular weight is 248 g/mol. The molecule has 1 heterocycles. The van der Waals surface area contributed by atoms with E-state index in [1.165, 1.54) is 4.80 Å². The van der Waals surface area contributed by atoms with Gasteiger partial charge >= 0.3 is 0 Å². The fraction of sp³-hybridized carbons (Fsp3) is 0.273. The standard InChI is InChI=1S/C11H12N4OS/c1-8(16)9-4-3-5-10(6-9)17-7-11-12-14-15(2)13-11/h3-6H,7H2,1-2H3. The molecule has 2 aromatic rings. The Morgan fingerprint density at radius 1 is 1.47 bits per heavy atom. The Bertz CT molecular complexity index is 538. The quantitative estimate of drug-likeness (QED) is 0.609. The lowest BCUT2D eigenvalue weighted by molar-refractivity contribution is 0.101. The van der Waals surface area contributed by atoms with Crippen molar-refractivity contribution in [1.82, 2.24) is 20.2 Å². The van der Waals surface area contributed by atoms with Crippen LogP contribution in [0.4, 0.5) is 0 Å². The first-order valence-corrected chi connectivity index (χ1v) is 6.10. The Kier molecular flexibility index (Phi) is 3.53. The molecule has 0 saturated heterocycles. The molecule has 0 aliphatic heterocycles. The van der Waals surface area contributed by atoms with Crippen molar-refractivity contribution in [2.45, 2.75) is 17.6 Å². The van der Waals surface area contributed by atoms with Gasteiger partial charge in [-0.1, -0.05) is 12.1 Å². The number of ketones is 1. The van der Waals surface area contributed by atoms with Gasteiger partial charge in [0.25, 0.3) is 0 Å². The first kappa shape index (κ1) is 11.8. The maximum absolute atomic E-state index is 11.2. The number of carbonyl (C=O) groups is 1. The van der Waals surface area contributed by atoms with E-state index >= 15 is 0 Å². The molecule has 2 rings (SSSR count). The second-order valence-electron chi connectivity index (χ2n) is 3.57. The van der Waals surface area contributed by atoms with E-state index in [1.54, 1.807) is 25.7 Å². The van der Waals surface area contributed by atoms with E-state index in [0.29, 0.717) is 11.6 Å². The van der Waals surface area contributed by atoms with E-state index < -0.39 is 0 Å². The van der Waals surface area contributed by atoms with E-state index in [2.05, 4.69) is 15.4 Å². The summed E-state index contributed by atoms with van der Waals surface area (Å²) in [5.41, 5.74) is 0.724. The lowest BCUT2D eigenvalue weighted by Crippen LogP contribution is -1.93. The molecule has 0 amide bonds. The van der Waals surface area contributed by atoms with Crippen LogP contribution < -0.4 is 0 Å². The van der Waals surface area contributed by atoms with Crippen LogP contribution in [0.5, 0.6) is 0 Å². The summed E-state index contributed by atoms with van der Waals surface area (Å²) in [5.74, 6) is 1.41. The summed E-state index contributed by atoms with van der Waals surface area (Å²) >= 11 is 1.59. The molecule has 88 valence electrons. The minimum atomic E-state index is 0.0741. The zero-order valence-electron chi connectivity index (χ0n) is 9.62. The van der Waals surface area contributed by atoms with E-state index in [1.807, 2.05) is 24.3 Å². The Morgan fingerprint density at radius 2 is 2.29 bits per heavy atom. The van der Waals surface area contributed by atoms with Gasteiger partial charge in [-0.15, -0.1) is 22.0 Å². The summed E-state index contributed by atoms with van der Waals surface area (Å²) in [4.78, 5) is 13.7. The van der Waals surface area contributed by atoms with Gasteiger partial charge in [0.05, 0.1) is 12.8 Å². The molecule has 0 bridgehead atoms. The third kappa shape index (κ3) is 3.13. The molecule has 0 radical (unpaired) electrons. The molecule has 0 atom stereocenters. The number of hydrogen-bond acceptors (Lipinski definition) is 5. The second-order valence-corrected chi connectivity index (χ2v) is 4.62. The van der Waals surface area contributed by atoms with Crippen molar-refractivity contribution in [1.29, 1.82) is 0 Å². The summed E-state index contributed by atoms with van der Waals surface area (Å²) in [6, 6.07) is 7.53. The highest BCUT2D eigenvalue weighted by molar-refractivity contribution is 7.98. The van der Waals surface area contributed by atoms with Crippen LogP contribution in [0.15, 0.2) is 29.2 Å². The summed E-state index contributed by atoms with van der Waals surface area (Å²) < 4.78 is 0. The van der Waals surface area contributed by atoms with Crippen LogP contribution in [-0.2, 0) is 12.8 Å². The summed E-state index contributed by atoms with van der Waals surface area (Å²) in [7, 11) is 1.73. The van der Waals surface area contributed by atoms with Gasteiger partial charge in [0.1, 0.15) is 0 Å². The van der Waals surface area contributed by atoms with Crippen molar-refractivity contribution in [3.63, 3.8) is 0 Å². The predicted octanol–water partition coefficient (Wildman–Crippen LogP) is 1.70. The number of aryl methyl sites for hydroxylation is 1. The molecular formula is C11H12N4OS. The predicted molar refractivity (Wildman–Crippen MR) is 64.8 cm³/mol. The maximum Gasteiger partial charge on any atom is 0.184 e. The van der Waals surface area contributed by atoms with Crippen molar-refractivity contribution in [3.05, 3.63) is 35.7 Å². The number of tetrazole rings is 1. The van der Waals surface area contributed by atoms with Gasteiger partial charge in [-0.3, -0.25) is 4.79 Å². The average Bonchev–Trinajstić information content (AvgIpc) is 2.73. The van der Waals surface area contributed by atoms with E-state index in [4.69, 9.17) is 0 Å². The van der Waals surface area contributed by atoms with Gasteiger partial charge in [0.2, 0.25) is 0 Å². The summed E-state index contributed by atoms with van der Waals surface area (Å²) in [5, 5.41) is 11.8. The molecule has 0 N–H and O–H groups in total. The molecule has 17 heavy (non-hydrogen) atoms. The van der Waals surface area contributed by atoms with Gasteiger partial charge in [-0.25, -0.2) is 0 Å². The molecule has 1 aromatic heterocycles. The topological polar surface area (TPSA) is 60.7 Å². The van der Waals surface area contributed by atoms with Crippen molar-refractivity contribution < 1.29 is 4.79 Å². The first-order valence-electron chi connectivity index (χ1n) is 5.12. The number of thioether (sulfide) groups is 1. The van der Waals surface area contributed by atoms with Crippen molar-refractivity contribution in [2.24, 2.45) is 7.05 Å². The minimum Gasteiger partial charge on any atom is -0.295 e. The number of rotatable bonds is 4. The highest BCUT2D eigenvalue weighted by atomic mass is 32.2. The Balaban J connectivity index is 2.04. The monoisotopic (exact) mass is 248 g/mol. The molecule has 0 aliphatic carbocycles. The van der Waals surface area contributed by atoms with Crippen molar-refractivity contribution in [3.8, 4) is 0 Å². The Morgan fingerprint density at radius 3 is 2.94 bits per heavy atom. The molecule has 0 saturated carbocycles. The molecule has 1 aromatic carbocycles. The zero-order chi connectivity index (χ0) is 12.3. The molecular weight excluding hydrogens is 236 g/mol. The smallest absolute Gasteiger partial charge is 0.184 e. The van der Waals surface area contributed by atoms with Crippen LogP contribution in [0.2, 0.25) is 0 Å². The van der Waals surface area contributed by atoms with Crippen LogP contribution in [0.1, 0.15) is 23.1 Å². The number of hydrogen-bond donors (Lipinski definition) is 0. The summed E-state index contributed by atoms with van der Waals surface area (Å²) in [6.45, 7) is 1.56. The SMILES string of the molecule is CC(=O)c1cccc(SCc2nnn(C)n2)c1. The first-order chi connectivity index (χ1) is 8.15. The number of benzene rings is 1. The van der Waals surface area contributed by atoms with Gasteiger partial charge in [0, 0.05) is 10.5 Å². The van der Waals surface area contributed by atoms with Gasteiger partial charge in [-0.05, 0) is 24.3 Å². The third-order valence-corrected chi connectivity index (χ3v) is 3.15. The van der Waals surface area contributed by atoms with Crippen molar-refractivity contribution in [2.75, 3.05) is 0 Å². The zero-order valence-corrected chi connectivity index (χ0v) is 10.4. The lowest BCUT2D eigenvalue weighted by Gasteiger charge is -2.00. The maximum atomic E-state index is 11.2. The van der Waals surface area contributed by atoms with E-state index in [-0.39, 0.29) is 5.78 Å². The van der Waals surface area contributed by atoms with Crippen LogP contribution in [-0.4, -0.2) is 26.0 Å². The Hall–Kier alpha value is -1.69. The van der Waals surface area contributed by atoms with E-state index in [9.17, 15) is 4.79 Å². The lowest BCUT2D eigenvalue weighted by atomic mass is 10.2. The highest BCUT2D eigenvalue weighted by Gasteiger charge is 2.04. The number of carbonyl (C=O) groups excluding carboxylic acids is 1. The number of nitrogens with zero attached hydrogens (tertiary/aromatic N) is 4. The fourth-order valence-electron chi connectivity index (χ4n) is 1.33. The number of aromatic nitrogens is 4. The van der Waals surface area contributed by atoms with Crippen LogP contribution in [0.25, 0.3) is 0 Å². The number of Topliss-reactive ketones (excluding diaryl/α,β-unsaturated/α-hetero) is 1. The largest absolute Gasteiger partial charge is 0.295 e. The molecule has 5 nitrogen and oxygen atoms in total. The van der Waals surface area contributed by atoms with Crippen LogP contribution in [0.3, 0.4) is 0 Å². The van der Waals surface area contributed by atoms with Gasteiger partial charge in [-0.2, -0.15) is 4.80 Å². The second kappa shape index (κ2) is 5.09. The highest BCUT2D eigenvalue weighted by Crippen LogP contribution is 2.22. The molecule has 0 unspecified atom stereocenters. The van der Waals surface area contributed by atoms with Gasteiger partial charge < -0.3 is 0 Å². The van der Waals surface area contributed by atoms with Crippen LogP contribution in [0, 0.1) is 0 Å². The fourth-order valence-corrected chi connectivity index (χ4v) is 2.13. The third-order valence-electron chi connectivity index (χ3n) is 2.16. The Labute approximate surface area is 103 Å². The molecule has 0 fully saturated rings. The van der Waals surface area contributed by atoms with Crippen molar-refractivity contribution >= 4 is 17.5 Å². The molecule has 0 spiro atoms. The molecule has 0 aliphatic rings. The normalized spacial score (nSPS) is 10.5. The minimum absolute atomic E-state index is 0.0741. The molecule has 6 heteroatoms. The van der Waals surface area contributed by atoms with Gasteiger partial charge in [0.15, 0.2) is 11.6 Å². The summed E-state index contributed by atoms with van der Waals surface area (Å²) in [6.07, 6.45) is 0.